The Morgan fingerprint density at radius 2 is 1.59 bits per heavy atom. The van der Waals surface area contributed by atoms with E-state index in [0.29, 0.717) is 23.0 Å². The van der Waals surface area contributed by atoms with Crippen LogP contribution >= 0.6 is 15.9 Å². The number of anilines is 2. The summed E-state index contributed by atoms with van der Waals surface area (Å²) < 4.78 is 6.50. The Morgan fingerprint density at radius 1 is 0.906 bits per heavy atom. The zero-order valence-corrected chi connectivity index (χ0v) is 19.8. The van der Waals surface area contributed by atoms with Gasteiger partial charge in [-0.25, -0.2) is 0 Å². The molecule has 2 amide bonds. The first-order valence-electron chi connectivity index (χ1n) is 10.6. The second-order valence-corrected chi connectivity index (χ2v) is 8.48. The van der Waals surface area contributed by atoms with Crippen molar-refractivity contribution in [2.24, 2.45) is 0 Å². The average molecular weight is 495 g/mol. The molecule has 0 heterocycles. The number of hydrogen-bond acceptors (Lipinski definition) is 3. The molecule has 0 aromatic heterocycles. The number of ether oxygens (including phenoxy) is 1. The lowest BCUT2D eigenvalue weighted by atomic mass is 9.99. The lowest BCUT2D eigenvalue weighted by molar-refractivity contribution is -0.118. The van der Waals surface area contributed by atoms with E-state index in [9.17, 15) is 9.59 Å². The third kappa shape index (κ3) is 6.95. The summed E-state index contributed by atoms with van der Waals surface area (Å²) in [7, 11) is 0. The summed E-state index contributed by atoms with van der Waals surface area (Å²) in [6.45, 7) is 4.21. The van der Waals surface area contributed by atoms with Crippen LogP contribution in [-0.2, 0) is 16.0 Å². The van der Waals surface area contributed by atoms with E-state index in [1.54, 1.807) is 24.3 Å². The van der Waals surface area contributed by atoms with Crippen LogP contribution in [0.4, 0.5) is 11.4 Å². The molecule has 0 aliphatic rings. The van der Waals surface area contributed by atoms with Crippen LogP contribution in [0.5, 0.6) is 5.75 Å². The predicted octanol–water partition coefficient (Wildman–Crippen LogP) is 6.16. The molecule has 0 aliphatic carbocycles. The van der Waals surface area contributed by atoms with Crippen molar-refractivity contribution in [3.8, 4) is 5.75 Å². The first-order valence-corrected chi connectivity index (χ1v) is 11.4. The van der Waals surface area contributed by atoms with E-state index in [0.717, 1.165) is 16.5 Å². The van der Waals surface area contributed by atoms with Gasteiger partial charge < -0.3 is 15.4 Å². The molecule has 1 atom stereocenters. The monoisotopic (exact) mass is 494 g/mol. The summed E-state index contributed by atoms with van der Waals surface area (Å²) in [5.41, 5.74) is 3.37. The van der Waals surface area contributed by atoms with Crippen molar-refractivity contribution in [2.45, 2.75) is 32.6 Å². The van der Waals surface area contributed by atoms with Gasteiger partial charge >= 0.3 is 0 Å². The summed E-state index contributed by atoms with van der Waals surface area (Å²) in [4.78, 5) is 24.6. The van der Waals surface area contributed by atoms with E-state index in [1.807, 2.05) is 48.5 Å². The molecule has 1 unspecified atom stereocenters. The zero-order valence-electron chi connectivity index (χ0n) is 18.2. The molecular formula is C26H27BrN2O3. The highest BCUT2D eigenvalue weighted by Crippen LogP contribution is 2.30. The second kappa shape index (κ2) is 11.5. The maximum Gasteiger partial charge on any atom is 0.262 e. The minimum Gasteiger partial charge on any atom is -0.483 e. The van der Waals surface area contributed by atoms with Crippen molar-refractivity contribution in [3.05, 3.63) is 88.4 Å². The van der Waals surface area contributed by atoms with Gasteiger partial charge in [-0.2, -0.15) is 0 Å². The largest absolute Gasteiger partial charge is 0.483 e. The van der Waals surface area contributed by atoms with Gasteiger partial charge in [-0.1, -0.05) is 56.3 Å². The maximum absolute atomic E-state index is 12.4. The highest BCUT2D eigenvalue weighted by Gasteiger charge is 2.10. The summed E-state index contributed by atoms with van der Waals surface area (Å²) in [5, 5.41) is 5.66. The van der Waals surface area contributed by atoms with E-state index in [1.165, 1.54) is 5.56 Å². The number of carbonyl (C=O) groups is 2. The van der Waals surface area contributed by atoms with Crippen molar-refractivity contribution < 1.29 is 14.3 Å². The zero-order chi connectivity index (χ0) is 22.9. The highest BCUT2D eigenvalue weighted by molar-refractivity contribution is 9.10. The summed E-state index contributed by atoms with van der Waals surface area (Å²) in [6.07, 6.45) is 1.34. The number of halogens is 1. The van der Waals surface area contributed by atoms with Crippen LogP contribution < -0.4 is 15.4 Å². The van der Waals surface area contributed by atoms with Crippen LogP contribution in [0.3, 0.4) is 0 Å². The number of hydrogen-bond donors (Lipinski definition) is 2. The maximum atomic E-state index is 12.4. The van der Waals surface area contributed by atoms with Crippen LogP contribution in [0.1, 0.15) is 37.3 Å². The molecule has 0 spiro atoms. The van der Waals surface area contributed by atoms with Gasteiger partial charge in [0.15, 0.2) is 6.61 Å². The lowest BCUT2D eigenvalue weighted by Gasteiger charge is -2.13. The van der Waals surface area contributed by atoms with E-state index in [4.69, 9.17) is 4.74 Å². The number of rotatable bonds is 9. The van der Waals surface area contributed by atoms with Crippen LogP contribution in [0, 0.1) is 0 Å². The number of benzene rings is 3. The van der Waals surface area contributed by atoms with Gasteiger partial charge in [0.05, 0.1) is 10.9 Å². The molecule has 5 nitrogen and oxygen atoms in total. The topological polar surface area (TPSA) is 67.4 Å². The van der Waals surface area contributed by atoms with Crippen molar-refractivity contribution in [2.75, 3.05) is 17.2 Å². The first kappa shape index (κ1) is 23.5. The molecule has 0 saturated carbocycles. The van der Waals surface area contributed by atoms with Gasteiger partial charge in [0.1, 0.15) is 5.75 Å². The van der Waals surface area contributed by atoms with Gasteiger partial charge in [0.2, 0.25) is 5.91 Å². The Bertz CT molecular complexity index is 1070. The SMILES string of the molecule is CCC(C)c1ccc(OCC(=O)Nc2cccc(NC(=O)Cc3ccccc3)c2)c(Br)c1. The first-order chi connectivity index (χ1) is 15.4. The van der Waals surface area contributed by atoms with Gasteiger partial charge in [0.25, 0.3) is 5.91 Å². The summed E-state index contributed by atoms with van der Waals surface area (Å²) in [6, 6.07) is 22.5. The third-order valence-corrected chi connectivity index (χ3v) is 5.75. The average Bonchev–Trinajstić information content (AvgIpc) is 2.78. The predicted molar refractivity (Wildman–Crippen MR) is 132 cm³/mol. The molecule has 0 aliphatic heterocycles. The van der Waals surface area contributed by atoms with Crippen LogP contribution in [0.2, 0.25) is 0 Å². The molecule has 0 radical (unpaired) electrons. The highest BCUT2D eigenvalue weighted by atomic mass is 79.9. The van der Waals surface area contributed by atoms with Crippen LogP contribution in [0.25, 0.3) is 0 Å². The van der Waals surface area contributed by atoms with E-state index in [-0.39, 0.29) is 24.8 Å². The van der Waals surface area contributed by atoms with E-state index >= 15 is 0 Å². The van der Waals surface area contributed by atoms with Crippen LogP contribution in [0.15, 0.2) is 77.3 Å². The molecule has 3 rings (SSSR count). The molecule has 0 bridgehead atoms. The minimum atomic E-state index is -0.282. The molecule has 3 aromatic carbocycles. The van der Waals surface area contributed by atoms with Crippen molar-refractivity contribution in [3.63, 3.8) is 0 Å². The fourth-order valence-electron chi connectivity index (χ4n) is 3.18. The smallest absolute Gasteiger partial charge is 0.262 e. The number of carbonyl (C=O) groups excluding carboxylic acids is 2. The molecule has 0 saturated heterocycles. The van der Waals surface area contributed by atoms with E-state index < -0.39 is 0 Å². The summed E-state index contributed by atoms with van der Waals surface area (Å²) in [5.74, 6) is 0.683. The van der Waals surface area contributed by atoms with Crippen LogP contribution in [-0.4, -0.2) is 18.4 Å². The molecule has 2 N–H and O–H groups in total. The number of amides is 2. The molecule has 166 valence electrons. The molecule has 6 heteroatoms. The Morgan fingerprint density at radius 3 is 2.25 bits per heavy atom. The van der Waals surface area contributed by atoms with Crippen molar-refractivity contribution >= 4 is 39.1 Å². The molecule has 0 fully saturated rings. The Kier molecular flexibility index (Phi) is 8.45. The molecular weight excluding hydrogens is 468 g/mol. The molecule has 3 aromatic rings. The lowest BCUT2D eigenvalue weighted by Crippen LogP contribution is -2.20. The standard InChI is InChI=1S/C26H27BrN2O3/c1-3-18(2)20-12-13-24(23(27)15-20)32-17-26(31)29-22-11-7-10-21(16-22)28-25(30)14-19-8-5-4-6-9-19/h4-13,15-16,18H,3,14,17H2,1-2H3,(H,28,30)(H,29,31). The van der Waals surface area contributed by atoms with Gasteiger partial charge in [-0.15, -0.1) is 0 Å². The van der Waals surface area contributed by atoms with Gasteiger partial charge in [-0.3, -0.25) is 9.59 Å². The van der Waals surface area contributed by atoms with Crippen molar-refractivity contribution in [1.29, 1.82) is 0 Å². The Labute approximate surface area is 197 Å². The van der Waals surface area contributed by atoms with Crippen molar-refractivity contribution in [1.82, 2.24) is 0 Å². The minimum absolute atomic E-state index is 0.117. The quantitative estimate of drug-likeness (QED) is 0.374. The second-order valence-electron chi connectivity index (χ2n) is 7.63. The fourth-order valence-corrected chi connectivity index (χ4v) is 3.69. The van der Waals surface area contributed by atoms with Gasteiger partial charge in [0, 0.05) is 11.4 Å². The fraction of sp³-hybridized carbons (Fsp3) is 0.231. The normalized spacial score (nSPS) is 11.5. The van der Waals surface area contributed by atoms with E-state index in [2.05, 4.69) is 40.4 Å². The third-order valence-electron chi connectivity index (χ3n) is 5.13. The summed E-state index contributed by atoms with van der Waals surface area (Å²) >= 11 is 3.52. The Balaban J connectivity index is 1.53. The Hall–Kier alpha value is -3.12. The van der Waals surface area contributed by atoms with Gasteiger partial charge in [-0.05, 0) is 69.7 Å². The number of nitrogens with one attached hydrogen (secondary N) is 2. The molecule has 32 heavy (non-hydrogen) atoms.